The maximum Gasteiger partial charge on any atom is 0.0259 e. The van der Waals surface area contributed by atoms with E-state index >= 15 is 0 Å². The molecule has 0 bridgehead atoms. The molecule has 4 rings (SSSR count). The van der Waals surface area contributed by atoms with E-state index in [1.54, 1.807) is 0 Å². The van der Waals surface area contributed by atoms with Gasteiger partial charge in [0.25, 0.3) is 0 Å². The minimum Gasteiger partial charge on any atom is -0.748 e. The fourth-order valence-electron chi connectivity index (χ4n) is 2.28. The summed E-state index contributed by atoms with van der Waals surface area (Å²) in [6.45, 7) is 0. The van der Waals surface area contributed by atoms with Gasteiger partial charge in [0.15, 0.2) is 0 Å². The molecule has 0 saturated carbocycles. The largest absolute Gasteiger partial charge is 0.748 e. The summed E-state index contributed by atoms with van der Waals surface area (Å²) >= 11 is 2.31. The molecule has 0 aromatic heterocycles. The summed E-state index contributed by atoms with van der Waals surface area (Å²) in [6.07, 6.45) is 0. The predicted molar refractivity (Wildman–Crippen MR) is 122 cm³/mol. The van der Waals surface area contributed by atoms with E-state index in [9.17, 15) is 0 Å². The fourth-order valence-corrected chi connectivity index (χ4v) is 2.93. The molecule has 4 aromatic rings. The third-order valence-electron chi connectivity index (χ3n) is 3.65. The Labute approximate surface area is 191 Å². The Morgan fingerprint density at radius 1 is 0.679 bits per heavy atom. The third kappa shape index (κ3) is 7.26. The number of halogens is 1. The Morgan fingerprint density at radius 3 is 1.89 bits per heavy atom. The molecule has 142 valence electrons. The molecule has 0 spiro atoms. The molecule has 0 radical (unpaired) electrons. The molecule has 0 aliphatic rings. The van der Waals surface area contributed by atoms with Crippen molar-refractivity contribution in [2.75, 3.05) is 0 Å². The van der Waals surface area contributed by atoms with Crippen LogP contribution in [0.25, 0.3) is 0 Å². The standard InChI is InChI=1S/C21H12I.C5H5.Fe/c22-21-16-19(11-10-17-6-2-1-3-7-17)13-15-20(21)14-12-18-8-4-5-9-18;1-2-4-5-3-1;/h1-9,13,15-16H;1-5H;/q-1;-5;. The van der Waals surface area contributed by atoms with Gasteiger partial charge >= 0.3 is 0 Å². The first-order valence-corrected chi connectivity index (χ1v) is 9.66. The first-order valence-electron chi connectivity index (χ1n) is 8.58. The van der Waals surface area contributed by atoms with Crippen molar-refractivity contribution < 1.29 is 17.1 Å². The number of hydrogen-bond donors (Lipinski definition) is 0. The van der Waals surface area contributed by atoms with Gasteiger partial charge in [0.2, 0.25) is 0 Å². The van der Waals surface area contributed by atoms with E-state index in [1.165, 1.54) is 0 Å². The summed E-state index contributed by atoms with van der Waals surface area (Å²) in [6, 6.07) is 34.2. The fraction of sp³-hybridized carbons (Fsp3) is 0. The van der Waals surface area contributed by atoms with Crippen molar-refractivity contribution in [3.8, 4) is 23.7 Å². The number of benzene rings is 2. The molecule has 0 saturated heterocycles. The van der Waals surface area contributed by atoms with Gasteiger partial charge in [-0.3, -0.25) is 0 Å². The number of hydrogen-bond acceptors (Lipinski definition) is 0. The van der Waals surface area contributed by atoms with Crippen molar-refractivity contribution in [2.45, 2.75) is 0 Å². The van der Waals surface area contributed by atoms with Gasteiger partial charge in [-0.25, -0.2) is 0 Å². The number of rotatable bonds is 0. The molecule has 4 aromatic carbocycles. The van der Waals surface area contributed by atoms with E-state index in [0.29, 0.717) is 0 Å². The van der Waals surface area contributed by atoms with E-state index in [0.717, 1.165) is 25.8 Å². The summed E-state index contributed by atoms with van der Waals surface area (Å²) in [5.41, 5.74) is 4.11. The zero-order valence-corrected chi connectivity index (χ0v) is 18.3. The minimum atomic E-state index is 0. The summed E-state index contributed by atoms with van der Waals surface area (Å²) in [7, 11) is 0. The molecule has 0 heterocycles. The molecular formula is C26H17FeI-6. The Morgan fingerprint density at radius 2 is 1.29 bits per heavy atom. The summed E-state index contributed by atoms with van der Waals surface area (Å²) < 4.78 is 1.12. The summed E-state index contributed by atoms with van der Waals surface area (Å²) in [5, 5.41) is 0. The van der Waals surface area contributed by atoms with E-state index < -0.39 is 0 Å². The van der Waals surface area contributed by atoms with Gasteiger partial charge in [0.05, 0.1) is 0 Å². The van der Waals surface area contributed by atoms with E-state index in [1.807, 2.05) is 97.1 Å². The maximum absolute atomic E-state index is 3.21. The van der Waals surface area contributed by atoms with Crippen molar-refractivity contribution >= 4 is 22.6 Å². The summed E-state index contributed by atoms with van der Waals surface area (Å²) in [5.74, 6) is 12.7. The Bertz CT molecular complexity index is 1050. The quantitative estimate of drug-likeness (QED) is 0.114. The van der Waals surface area contributed by atoms with Crippen LogP contribution in [0.4, 0.5) is 0 Å². The van der Waals surface area contributed by atoms with E-state index in [4.69, 9.17) is 0 Å². The van der Waals surface area contributed by atoms with Crippen LogP contribution in [0.5, 0.6) is 0 Å². The van der Waals surface area contributed by atoms with Crippen molar-refractivity contribution in [1.29, 1.82) is 0 Å². The van der Waals surface area contributed by atoms with Crippen molar-refractivity contribution in [1.82, 2.24) is 0 Å². The van der Waals surface area contributed by atoms with Gasteiger partial charge < -0.3 is 30.3 Å². The molecule has 0 N–H and O–H groups in total. The molecule has 0 atom stereocenters. The Kier molecular flexibility index (Phi) is 9.39. The van der Waals surface area contributed by atoms with E-state index in [2.05, 4.69) is 52.3 Å². The second kappa shape index (κ2) is 12.1. The molecule has 0 unspecified atom stereocenters. The van der Waals surface area contributed by atoms with Gasteiger partial charge in [0.1, 0.15) is 0 Å². The third-order valence-corrected chi connectivity index (χ3v) is 4.55. The zero-order valence-electron chi connectivity index (χ0n) is 15.0. The van der Waals surface area contributed by atoms with Crippen LogP contribution in [0.3, 0.4) is 0 Å². The van der Waals surface area contributed by atoms with Gasteiger partial charge in [0, 0.05) is 31.8 Å². The molecular weight excluding hydrogens is 495 g/mol. The molecule has 0 fully saturated rings. The predicted octanol–water partition coefficient (Wildman–Crippen LogP) is 6.21. The van der Waals surface area contributed by atoms with Gasteiger partial charge in [-0.15, -0.1) is 12.1 Å². The van der Waals surface area contributed by atoms with Crippen LogP contribution in [0.1, 0.15) is 22.3 Å². The average molecular weight is 512 g/mol. The van der Waals surface area contributed by atoms with Crippen LogP contribution in [0, 0.1) is 27.3 Å². The van der Waals surface area contributed by atoms with Crippen molar-refractivity contribution in [2.24, 2.45) is 0 Å². The van der Waals surface area contributed by atoms with Crippen LogP contribution in [-0.4, -0.2) is 0 Å². The smallest absolute Gasteiger partial charge is 0.0259 e. The van der Waals surface area contributed by atoms with Crippen LogP contribution >= 0.6 is 22.6 Å². The molecule has 2 heteroatoms. The first-order chi connectivity index (χ1) is 13.3. The topological polar surface area (TPSA) is 0 Å². The van der Waals surface area contributed by atoms with Crippen molar-refractivity contribution in [3.05, 3.63) is 129 Å². The SMILES string of the molecule is Ic1cc(C#Cc2ccccc2)ccc1C#C[c-]1cccc1.[Fe].[cH-]1[cH-][cH-][cH-][cH-]1. The average Bonchev–Trinajstić information content (AvgIpc) is 3.43. The Hall–Kier alpha value is -2.49. The van der Waals surface area contributed by atoms with Crippen LogP contribution in [-0.2, 0) is 17.1 Å². The second-order valence-electron chi connectivity index (χ2n) is 5.70. The monoisotopic (exact) mass is 512 g/mol. The molecule has 0 nitrogen and oxygen atoms in total. The maximum atomic E-state index is 3.21. The summed E-state index contributed by atoms with van der Waals surface area (Å²) in [4.78, 5) is 0. The minimum absolute atomic E-state index is 0. The normalized spacial score (nSPS) is 8.75. The molecule has 0 aliphatic carbocycles. The van der Waals surface area contributed by atoms with Crippen LogP contribution in [0.15, 0.2) is 103 Å². The van der Waals surface area contributed by atoms with Gasteiger partial charge in [-0.2, -0.15) is 24.0 Å². The van der Waals surface area contributed by atoms with Gasteiger partial charge in [-0.1, -0.05) is 41.7 Å². The van der Waals surface area contributed by atoms with Crippen molar-refractivity contribution in [3.63, 3.8) is 0 Å². The first kappa shape index (κ1) is 21.8. The zero-order chi connectivity index (χ0) is 18.7. The molecule has 28 heavy (non-hydrogen) atoms. The van der Waals surface area contributed by atoms with Gasteiger partial charge in [-0.05, 0) is 52.4 Å². The molecule has 0 aliphatic heterocycles. The van der Waals surface area contributed by atoms with Crippen LogP contribution in [0.2, 0.25) is 0 Å². The second-order valence-corrected chi connectivity index (χ2v) is 6.86. The molecule has 0 amide bonds. The Balaban J connectivity index is 0.000000408. The van der Waals surface area contributed by atoms with E-state index in [-0.39, 0.29) is 17.1 Å². The van der Waals surface area contributed by atoms with Crippen LogP contribution < -0.4 is 0 Å².